The molecule has 4 nitrogen and oxygen atoms in total. The van der Waals surface area contributed by atoms with E-state index in [1.54, 1.807) is 24.3 Å². The summed E-state index contributed by atoms with van der Waals surface area (Å²) in [5, 5.41) is 11.5. The fraction of sp³-hybridized carbons (Fsp3) is 0.500. The Morgan fingerprint density at radius 1 is 1.48 bits per heavy atom. The van der Waals surface area contributed by atoms with E-state index in [1.807, 2.05) is 6.07 Å². The zero-order valence-electron chi connectivity index (χ0n) is 12.6. The zero-order chi connectivity index (χ0) is 15.7. The molecule has 2 atom stereocenters. The highest BCUT2D eigenvalue weighted by molar-refractivity contribution is 7.84. The van der Waals surface area contributed by atoms with Crippen molar-refractivity contribution in [3.63, 3.8) is 0 Å². The summed E-state index contributed by atoms with van der Waals surface area (Å²) in [4.78, 5) is 11.8. The normalized spacial score (nSPS) is 13.2. The zero-order valence-corrected chi connectivity index (χ0v) is 13.4. The number of nitrogens with zero attached hydrogens (tertiary/aromatic N) is 1. The Labute approximate surface area is 129 Å². The van der Waals surface area contributed by atoms with Crippen LogP contribution in [-0.2, 0) is 15.6 Å². The van der Waals surface area contributed by atoms with Gasteiger partial charge in [0.2, 0.25) is 5.91 Å². The maximum atomic E-state index is 11.8. The van der Waals surface area contributed by atoms with Gasteiger partial charge in [-0.2, -0.15) is 5.26 Å². The first-order chi connectivity index (χ1) is 10.0. The molecule has 0 aliphatic rings. The molecule has 1 aromatic carbocycles. The maximum absolute atomic E-state index is 11.8. The number of nitriles is 1. The van der Waals surface area contributed by atoms with E-state index in [9.17, 15) is 9.00 Å². The van der Waals surface area contributed by atoms with Gasteiger partial charge < -0.3 is 5.32 Å². The molecule has 5 heteroatoms. The highest BCUT2D eigenvalue weighted by Crippen LogP contribution is 2.11. The minimum atomic E-state index is -0.841. The van der Waals surface area contributed by atoms with Crippen molar-refractivity contribution in [2.45, 2.75) is 33.1 Å². The van der Waals surface area contributed by atoms with Crippen molar-refractivity contribution in [1.82, 2.24) is 0 Å². The van der Waals surface area contributed by atoms with E-state index >= 15 is 0 Å². The fourth-order valence-electron chi connectivity index (χ4n) is 1.80. The number of hydrogen-bond donors (Lipinski definition) is 1. The van der Waals surface area contributed by atoms with Crippen LogP contribution in [0, 0.1) is 17.2 Å². The minimum absolute atomic E-state index is 0.106. The molecule has 0 aliphatic heterocycles. The molecule has 1 N–H and O–H groups in total. The van der Waals surface area contributed by atoms with Crippen LogP contribution in [0.5, 0.6) is 0 Å². The molecule has 0 aliphatic carbocycles. The van der Waals surface area contributed by atoms with Crippen molar-refractivity contribution >= 4 is 22.4 Å². The van der Waals surface area contributed by atoms with Crippen molar-refractivity contribution < 1.29 is 9.00 Å². The van der Waals surface area contributed by atoms with Gasteiger partial charge in [-0.1, -0.05) is 26.3 Å². The molecule has 0 bridgehead atoms. The van der Waals surface area contributed by atoms with Gasteiger partial charge in [-0.15, -0.1) is 0 Å². The van der Waals surface area contributed by atoms with Crippen LogP contribution in [0.2, 0.25) is 0 Å². The second-order valence-corrected chi connectivity index (χ2v) is 6.79. The van der Waals surface area contributed by atoms with Crippen LogP contribution in [0.3, 0.4) is 0 Å². The second-order valence-electron chi connectivity index (χ2n) is 5.17. The lowest BCUT2D eigenvalue weighted by Crippen LogP contribution is -2.14. The van der Waals surface area contributed by atoms with Gasteiger partial charge in [-0.25, -0.2) is 0 Å². The lowest BCUT2D eigenvalue weighted by Gasteiger charge is -2.08. The standard InChI is InChI=1S/C16H22N2O2S/c1-3-13(2)12-21(20)9-5-8-16(19)18-15-7-4-6-14(10-15)11-17/h4,6-7,10,13H,3,5,8-9,12H2,1-2H3,(H,18,19). The molecular weight excluding hydrogens is 284 g/mol. The molecule has 0 heterocycles. The van der Waals surface area contributed by atoms with Crippen LogP contribution in [0.25, 0.3) is 0 Å². The van der Waals surface area contributed by atoms with Crippen LogP contribution in [0.1, 0.15) is 38.7 Å². The van der Waals surface area contributed by atoms with Gasteiger partial charge in [0.1, 0.15) is 0 Å². The third kappa shape index (κ3) is 7.05. The van der Waals surface area contributed by atoms with Gasteiger partial charge in [0.25, 0.3) is 0 Å². The summed E-state index contributed by atoms with van der Waals surface area (Å²) < 4.78 is 11.8. The molecule has 1 amide bonds. The highest BCUT2D eigenvalue weighted by atomic mass is 32.2. The summed E-state index contributed by atoms with van der Waals surface area (Å²) in [7, 11) is -0.841. The van der Waals surface area contributed by atoms with Crippen LogP contribution in [0.15, 0.2) is 24.3 Å². The summed E-state index contributed by atoms with van der Waals surface area (Å²) >= 11 is 0. The van der Waals surface area contributed by atoms with Crippen molar-refractivity contribution in [2.75, 3.05) is 16.8 Å². The molecule has 0 fully saturated rings. The number of rotatable bonds is 8. The molecule has 1 rings (SSSR count). The summed E-state index contributed by atoms with van der Waals surface area (Å²) in [6.45, 7) is 4.18. The van der Waals surface area contributed by atoms with Gasteiger partial charge in [0, 0.05) is 34.4 Å². The fourth-order valence-corrected chi connectivity index (χ4v) is 3.31. The average molecular weight is 306 g/mol. The van der Waals surface area contributed by atoms with Gasteiger partial charge in [-0.3, -0.25) is 9.00 Å². The molecule has 0 radical (unpaired) electrons. The number of carbonyl (C=O) groups is 1. The monoisotopic (exact) mass is 306 g/mol. The van der Waals surface area contributed by atoms with Crippen LogP contribution >= 0.6 is 0 Å². The van der Waals surface area contributed by atoms with E-state index in [0.717, 1.165) is 6.42 Å². The van der Waals surface area contributed by atoms with Crippen molar-refractivity contribution in [3.05, 3.63) is 29.8 Å². The Kier molecular flexibility index (Phi) is 7.70. The summed E-state index contributed by atoms with van der Waals surface area (Å²) in [6.07, 6.45) is 2.00. The van der Waals surface area contributed by atoms with E-state index in [-0.39, 0.29) is 5.91 Å². The molecule has 0 aromatic heterocycles. The molecule has 2 unspecified atom stereocenters. The SMILES string of the molecule is CCC(C)CS(=O)CCCC(=O)Nc1cccc(C#N)c1. The Morgan fingerprint density at radius 2 is 2.24 bits per heavy atom. The Balaban J connectivity index is 2.31. The first-order valence-corrected chi connectivity index (χ1v) is 8.69. The van der Waals surface area contributed by atoms with Gasteiger partial charge in [0.15, 0.2) is 0 Å². The summed E-state index contributed by atoms with van der Waals surface area (Å²) in [6, 6.07) is 8.84. The number of anilines is 1. The summed E-state index contributed by atoms with van der Waals surface area (Å²) in [5.41, 5.74) is 1.14. The van der Waals surface area contributed by atoms with Crippen LogP contribution in [-0.4, -0.2) is 21.6 Å². The Hall–Kier alpha value is -1.67. The number of nitrogens with one attached hydrogen (secondary N) is 1. The highest BCUT2D eigenvalue weighted by Gasteiger charge is 2.08. The van der Waals surface area contributed by atoms with E-state index in [1.165, 1.54) is 0 Å². The molecular formula is C16H22N2O2S. The average Bonchev–Trinajstić information content (AvgIpc) is 2.47. The number of benzene rings is 1. The molecule has 1 aromatic rings. The number of carbonyl (C=O) groups excluding carboxylic acids is 1. The van der Waals surface area contributed by atoms with Crippen LogP contribution in [0.4, 0.5) is 5.69 Å². The maximum Gasteiger partial charge on any atom is 0.224 e. The Morgan fingerprint density at radius 3 is 2.90 bits per heavy atom. The van der Waals surface area contributed by atoms with Crippen molar-refractivity contribution in [1.29, 1.82) is 5.26 Å². The van der Waals surface area contributed by atoms with Crippen molar-refractivity contribution in [2.24, 2.45) is 5.92 Å². The first-order valence-electron chi connectivity index (χ1n) is 7.20. The number of hydrogen-bond acceptors (Lipinski definition) is 3. The topological polar surface area (TPSA) is 70.0 Å². The largest absolute Gasteiger partial charge is 0.326 e. The number of amides is 1. The molecule has 0 spiro atoms. The predicted octanol–water partition coefficient (Wildman–Crippen LogP) is 3.07. The van der Waals surface area contributed by atoms with E-state index in [4.69, 9.17) is 5.26 Å². The van der Waals surface area contributed by atoms with Crippen molar-refractivity contribution in [3.8, 4) is 6.07 Å². The molecule has 0 saturated heterocycles. The second kappa shape index (κ2) is 9.30. The van der Waals surface area contributed by atoms with Gasteiger partial charge in [-0.05, 0) is 30.5 Å². The lowest BCUT2D eigenvalue weighted by atomic mass is 10.2. The predicted molar refractivity (Wildman–Crippen MR) is 86.4 cm³/mol. The lowest BCUT2D eigenvalue weighted by molar-refractivity contribution is -0.116. The first kappa shape index (κ1) is 17.4. The molecule has 21 heavy (non-hydrogen) atoms. The Bertz CT molecular complexity index is 537. The summed E-state index contributed by atoms with van der Waals surface area (Å²) in [5.74, 6) is 1.64. The third-order valence-electron chi connectivity index (χ3n) is 3.22. The quantitative estimate of drug-likeness (QED) is 0.802. The van der Waals surface area contributed by atoms with E-state index in [0.29, 0.717) is 41.5 Å². The smallest absolute Gasteiger partial charge is 0.224 e. The van der Waals surface area contributed by atoms with Gasteiger partial charge >= 0.3 is 0 Å². The van der Waals surface area contributed by atoms with Gasteiger partial charge in [0.05, 0.1) is 11.6 Å². The minimum Gasteiger partial charge on any atom is -0.326 e. The van der Waals surface area contributed by atoms with E-state index in [2.05, 4.69) is 19.2 Å². The molecule has 114 valence electrons. The molecule has 0 saturated carbocycles. The van der Waals surface area contributed by atoms with E-state index < -0.39 is 10.8 Å². The third-order valence-corrected chi connectivity index (χ3v) is 4.90. The van der Waals surface area contributed by atoms with Crippen LogP contribution < -0.4 is 5.32 Å².